The maximum absolute atomic E-state index is 12.6. The zero-order chi connectivity index (χ0) is 19.5. The van der Waals surface area contributed by atoms with Gasteiger partial charge in [-0.2, -0.15) is 4.31 Å². The fraction of sp³-hybridized carbons (Fsp3) is 0.556. The molecule has 1 aliphatic heterocycles. The van der Waals surface area contributed by atoms with E-state index in [0.717, 1.165) is 0 Å². The number of carbonyl (C=O) groups is 2. The van der Waals surface area contributed by atoms with Crippen molar-refractivity contribution in [2.75, 3.05) is 26.2 Å². The fourth-order valence-corrected chi connectivity index (χ4v) is 4.82. The Kier molecular flexibility index (Phi) is 6.41. The predicted octanol–water partition coefficient (Wildman–Crippen LogP) is 1.90. The number of benzene rings is 1. The van der Waals surface area contributed by atoms with E-state index < -0.39 is 21.9 Å². The van der Waals surface area contributed by atoms with Gasteiger partial charge < -0.3 is 10.0 Å². The first-order chi connectivity index (χ1) is 12.2. The quantitative estimate of drug-likeness (QED) is 0.811. The molecule has 1 fully saturated rings. The van der Waals surface area contributed by atoms with Crippen LogP contribution in [-0.2, 0) is 14.8 Å². The number of carbonyl (C=O) groups excluding carboxylic acids is 1. The summed E-state index contributed by atoms with van der Waals surface area (Å²) in [5.74, 6) is -1.57. The second-order valence-corrected chi connectivity index (χ2v) is 8.51. The molecular formula is C18H26N2O5S. The Morgan fingerprint density at radius 1 is 1.19 bits per heavy atom. The van der Waals surface area contributed by atoms with Crippen molar-refractivity contribution in [1.82, 2.24) is 9.21 Å². The molecule has 0 bridgehead atoms. The summed E-state index contributed by atoms with van der Waals surface area (Å²) in [5.41, 5.74) is 0.407. The molecule has 2 unspecified atom stereocenters. The van der Waals surface area contributed by atoms with Gasteiger partial charge in [0, 0.05) is 31.7 Å². The Morgan fingerprint density at radius 3 is 2.23 bits per heavy atom. The summed E-state index contributed by atoms with van der Waals surface area (Å²) < 4.78 is 26.4. The molecule has 2 atom stereocenters. The lowest BCUT2D eigenvalue weighted by Gasteiger charge is -2.35. The highest BCUT2D eigenvalue weighted by Crippen LogP contribution is 2.25. The number of aliphatic carboxylic acids is 1. The number of rotatable bonds is 6. The molecule has 0 radical (unpaired) electrons. The zero-order valence-electron chi connectivity index (χ0n) is 15.4. The monoisotopic (exact) mass is 382 g/mol. The summed E-state index contributed by atoms with van der Waals surface area (Å²) in [4.78, 5) is 25.6. The van der Waals surface area contributed by atoms with Crippen LogP contribution in [0.1, 0.15) is 37.6 Å². The Hall–Kier alpha value is -1.93. The maximum Gasteiger partial charge on any atom is 0.306 e. The van der Waals surface area contributed by atoms with E-state index in [1.165, 1.54) is 28.6 Å². The van der Waals surface area contributed by atoms with Crippen LogP contribution in [0.4, 0.5) is 0 Å². The highest BCUT2D eigenvalue weighted by Gasteiger charge is 2.33. The van der Waals surface area contributed by atoms with Gasteiger partial charge >= 0.3 is 5.97 Å². The molecule has 0 aromatic heterocycles. The van der Waals surface area contributed by atoms with E-state index in [-0.39, 0.29) is 16.7 Å². The SMILES string of the molecule is CCN(CC)S(=O)(=O)c1ccc(C(=O)N2CCC(C(=O)O)C(C)C2)cc1. The Bertz CT molecular complexity index is 756. The van der Waals surface area contributed by atoms with Gasteiger partial charge in [-0.1, -0.05) is 20.8 Å². The molecule has 1 aliphatic rings. The molecule has 8 heteroatoms. The molecule has 1 amide bonds. The minimum atomic E-state index is -3.55. The molecule has 0 aliphatic carbocycles. The van der Waals surface area contributed by atoms with E-state index >= 15 is 0 Å². The van der Waals surface area contributed by atoms with E-state index in [1.54, 1.807) is 18.7 Å². The number of carboxylic acid groups (broad SMARTS) is 1. The van der Waals surface area contributed by atoms with Crippen molar-refractivity contribution in [2.24, 2.45) is 11.8 Å². The number of likely N-dealkylation sites (tertiary alicyclic amines) is 1. The maximum atomic E-state index is 12.6. The molecule has 1 heterocycles. The highest BCUT2D eigenvalue weighted by atomic mass is 32.2. The van der Waals surface area contributed by atoms with Crippen LogP contribution in [0.3, 0.4) is 0 Å². The Balaban J connectivity index is 2.14. The minimum Gasteiger partial charge on any atom is -0.481 e. The lowest BCUT2D eigenvalue weighted by atomic mass is 9.87. The minimum absolute atomic E-state index is 0.118. The van der Waals surface area contributed by atoms with Crippen molar-refractivity contribution < 1.29 is 23.1 Å². The first kappa shape index (κ1) is 20.4. The summed E-state index contributed by atoms with van der Waals surface area (Å²) >= 11 is 0. The smallest absolute Gasteiger partial charge is 0.306 e. The summed E-state index contributed by atoms with van der Waals surface area (Å²) in [7, 11) is -3.55. The van der Waals surface area contributed by atoms with E-state index in [1.807, 2.05) is 6.92 Å². The van der Waals surface area contributed by atoms with Gasteiger partial charge in [0.2, 0.25) is 10.0 Å². The molecule has 7 nitrogen and oxygen atoms in total. The van der Waals surface area contributed by atoms with Gasteiger partial charge in [0.1, 0.15) is 0 Å². The molecule has 1 N–H and O–H groups in total. The third kappa shape index (κ3) is 4.07. The van der Waals surface area contributed by atoms with Crippen molar-refractivity contribution >= 4 is 21.9 Å². The zero-order valence-corrected chi connectivity index (χ0v) is 16.2. The van der Waals surface area contributed by atoms with Gasteiger partial charge in [-0.05, 0) is 36.6 Å². The predicted molar refractivity (Wildman–Crippen MR) is 97.4 cm³/mol. The summed E-state index contributed by atoms with van der Waals surface area (Å²) in [5, 5.41) is 9.18. The summed E-state index contributed by atoms with van der Waals surface area (Å²) in [6.45, 7) is 6.93. The molecular weight excluding hydrogens is 356 g/mol. The number of amides is 1. The first-order valence-corrected chi connectivity index (χ1v) is 10.3. The van der Waals surface area contributed by atoms with Crippen LogP contribution >= 0.6 is 0 Å². The van der Waals surface area contributed by atoms with Crippen molar-refractivity contribution in [1.29, 1.82) is 0 Å². The largest absolute Gasteiger partial charge is 0.481 e. The van der Waals surface area contributed by atoms with Gasteiger partial charge in [0.25, 0.3) is 5.91 Å². The van der Waals surface area contributed by atoms with Crippen LogP contribution in [0.2, 0.25) is 0 Å². The van der Waals surface area contributed by atoms with Gasteiger partial charge in [-0.15, -0.1) is 0 Å². The second-order valence-electron chi connectivity index (χ2n) is 6.58. The van der Waals surface area contributed by atoms with Crippen LogP contribution in [0, 0.1) is 11.8 Å². The highest BCUT2D eigenvalue weighted by molar-refractivity contribution is 7.89. The summed E-state index contributed by atoms with van der Waals surface area (Å²) in [6.07, 6.45) is 0.427. The Labute approximate surface area is 154 Å². The van der Waals surface area contributed by atoms with Crippen LogP contribution in [0.15, 0.2) is 29.2 Å². The molecule has 144 valence electrons. The Morgan fingerprint density at radius 2 is 1.77 bits per heavy atom. The van der Waals surface area contributed by atoms with Crippen molar-refractivity contribution in [3.8, 4) is 0 Å². The second kappa shape index (κ2) is 8.18. The van der Waals surface area contributed by atoms with E-state index in [0.29, 0.717) is 38.2 Å². The van der Waals surface area contributed by atoms with E-state index in [2.05, 4.69) is 0 Å². The molecule has 2 rings (SSSR count). The van der Waals surface area contributed by atoms with Crippen molar-refractivity contribution in [3.63, 3.8) is 0 Å². The van der Waals surface area contributed by atoms with Gasteiger partial charge in [-0.25, -0.2) is 8.42 Å². The average Bonchev–Trinajstić information content (AvgIpc) is 2.61. The fourth-order valence-electron chi connectivity index (χ4n) is 3.36. The van der Waals surface area contributed by atoms with Crippen molar-refractivity contribution in [2.45, 2.75) is 32.1 Å². The van der Waals surface area contributed by atoms with Gasteiger partial charge in [-0.3, -0.25) is 9.59 Å². The van der Waals surface area contributed by atoms with E-state index in [4.69, 9.17) is 0 Å². The molecule has 1 aromatic carbocycles. The normalized spacial score (nSPS) is 21.0. The van der Waals surface area contributed by atoms with Crippen molar-refractivity contribution in [3.05, 3.63) is 29.8 Å². The molecule has 1 saturated heterocycles. The lowest BCUT2D eigenvalue weighted by Crippen LogP contribution is -2.45. The van der Waals surface area contributed by atoms with Crippen LogP contribution in [-0.4, -0.2) is 60.8 Å². The van der Waals surface area contributed by atoms with Crippen LogP contribution in [0.5, 0.6) is 0 Å². The molecule has 0 saturated carbocycles. The van der Waals surface area contributed by atoms with Gasteiger partial charge in [0.05, 0.1) is 10.8 Å². The summed E-state index contributed by atoms with van der Waals surface area (Å²) in [6, 6.07) is 5.95. The number of hydrogen-bond acceptors (Lipinski definition) is 4. The number of carboxylic acids is 1. The third-order valence-electron chi connectivity index (χ3n) is 4.95. The van der Waals surface area contributed by atoms with Crippen LogP contribution in [0.25, 0.3) is 0 Å². The first-order valence-electron chi connectivity index (χ1n) is 8.84. The standard InChI is InChI=1S/C18H26N2O5S/c1-4-20(5-2)26(24,25)15-8-6-14(7-9-15)17(21)19-11-10-16(18(22)23)13(3)12-19/h6-9,13,16H,4-5,10-12H2,1-3H3,(H,22,23). The van der Waals surface area contributed by atoms with Crippen LogP contribution < -0.4 is 0 Å². The number of sulfonamides is 1. The van der Waals surface area contributed by atoms with Gasteiger partial charge in [0.15, 0.2) is 0 Å². The lowest BCUT2D eigenvalue weighted by molar-refractivity contribution is -0.145. The third-order valence-corrected chi connectivity index (χ3v) is 7.02. The number of nitrogens with zero attached hydrogens (tertiary/aromatic N) is 2. The molecule has 1 aromatic rings. The molecule has 26 heavy (non-hydrogen) atoms. The molecule has 0 spiro atoms. The average molecular weight is 382 g/mol. The number of piperidine rings is 1. The number of hydrogen-bond donors (Lipinski definition) is 1. The van der Waals surface area contributed by atoms with E-state index in [9.17, 15) is 23.1 Å². The topological polar surface area (TPSA) is 95.0 Å².